The Balaban J connectivity index is 2.22. The fourth-order valence-electron chi connectivity index (χ4n) is 2.04. The van der Waals surface area contributed by atoms with Crippen LogP contribution in [0.4, 0.5) is 4.79 Å². The Labute approximate surface area is 93.7 Å². The van der Waals surface area contributed by atoms with E-state index in [9.17, 15) is 4.79 Å². The third-order valence-corrected chi connectivity index (χ3v) is 3.45. The van der Waals surface area contributed by atoms with Gasteiger partial charge in [-0.15, -0.1) is 0 Å². The van der Waals surface area contributed by atoms with Gasteiger partial charge in [-0.05, 0) is 37.6 Å². The molecule has 3 nitrogen and oxygen atoms in total. The fraction of sp³-hybridized carbons (Fsp3) is 0.545. The minimum Gasteiger partial charge on any atom is -0.439 e. The highest BCUT2D eigenvalue weighted by molar-refractivity contribution is 7.07. The Morgan fingerprint density at radius 1 is 1.53 bits per heavy atom. The van der Waals surface area contributed by atoms with E-state index in [0.29, 0.717) is 0 Å². The van der Waals surface area contributed by atoms with Crippen molar-refractivity contribution < 1.29 is 9.53 Å². The molecule has 0 spiro atoms. The standard InChI is InChI=1S/C11H15NO2S/c1-7(2)12-8(3)10(14-11(12)13)9-4-5-15-6-9/h4-8,10H,1-3H3. The van der Waals surface area contributed by atoms with Gasteiger partial charge in [0.15, 0.2) is 0 Å². The molecule has 1 aromatic rings. The lowest BCUT2D eigenvalue weighted by Crippen LogP contribution is -2.37. The summed E-state index contributed by atoms with van der Waals surface area (Å²) in [6.07, 6.45) is -0.306. The predicted molar refractivity (Wildman–Crippen MR) is 60.0 cm³/mol. The molecule has 0 saturated carbocycles. The molecule has 1 aliphatic rings. The summed E-state index contributed by atoms with van der Waals surface area (Å²) in [5.41, 5.74) is 1.10. The maximum absolute atomic E-state index is 11.6. The molecule has 1 aliphatic heterocycles. The molecule has 0 bridgehead atoms. The van der Waals surface area contributed by atoms with Crippen molar-refractivity contribution in [2.75, 3.05) is 0 Å². The lowest BCUT2D eigenvalue weighted by atomic mass is 10.1. The number of amides is 1. The van der Waals surface area contributed by atoms with Crippen LogP contribution in [0.1, 0.15) is 32.4 Å². The zero-order chi connectivity index (χ0) is 11.0. The Morgan fingerprint density at radius 2 is 2.27 bits per heavy atom. The van der Waals surface area contributed by atoms with E-state index in [4.69, 9.17) is 4.74 Å². The molecule has 0 aliphatic carbocycles. The number of ether oxygens (including phenoxy) is 1. The van der Waals surface area contributed by atoms with Gasteiger partial charge >= 0.3 is 6.09 Å². The van der Waals surface area contributed by atoms with Gasteiger partial charge < -0.3 is 4.74 Å². The Kier molecular flexibility index (Phi) is 2.69. The van der Waals surface area contributed by atoms with Gasteiger partial charge in [-0.2, -0.15) is 11.3 Å². The third-order valence-electron chi connectivity index (χ3n) is 2.74. The van der Waals surface area contributed by atoms with E-state index in [-0.39, 0.29) is 24.3 Å². The molecule has 1 aromatic heterocycles. The van der Waals surface area contributed by atoms with E-state index in [1.807, 2.05) is 37.6 Å². The molecule has 0 N–H and O–H groups in total. The van der Waals surface area contributed by atoms with Gasteiger partial charge in [-0.1, -0.05) is 0 Å². The first kappa shape index (κ1) is 10.5. The zero-order valence-electron chi connectivity index (χ0n) is 9.14. The topological polar surface area (TPSA) is 29.5 Å². The van der Waals surface area contributed by atoms with Crippen molar-refractivity contribution in [2.24, 2.45) is 0 Å². The van der Waals surface area contributed by atoms with Gasteiger partial charge in [0.1, 0.15) is 6.10 Å². The van der Waals surface area contributed by atoms with Crippen molar-refractivity contribution in [2.45, 2.75) is 39.0 Å². The molecular formula is C11H15NO2S. The molecule has 2 heterocycles. The summed E-state index contributed by atoms with van der Waals surface area (Å²) < 4.78 is 5.39. The molecule has 2 rings (SSSR count). The van der Waals surface area contributed by atoms with E-state index in [0.717, 1.165) is 5.56 Å². The van der Waals surface area contributed by atoms with Crippen molar-refractivity contribution in [3.05, 3.63) is 22.4 Å². The zero-order valence-corrected chi connectivity index (χ0v) is 9.95. The molecule has 1 fully saturated rings. The molecular weight excluding hydrogens is 210 g/mol. The first-order chi connectivity index (χ1) is 7.11. The molecule has 0 aromatic carbocycles. The minimum atomic E-state index is -0.200. The fourth-order valence-corrected chi connectivity index (χ4v) is 2.73. The Bertz CT molecular complexity index is 347. The third kappa shape index (κ3) is 1.74. The van der Waals surface area contributed by atoms with Crippen molar-refractivity contribution in [1.29, 1.82) is 0 Å². The second-order valence-corrected chi connectivity index (χ2v) is 4.88. The van der Waals surface area contributed by atoms with E-state index in [1.165, 1.54) is 0 Å². The van der Waals surface area contributed by atoms with Gasteiger partial charge in [-0.3, -0.25) is 4.90 Å². The number of thiophene rings is 1. The van der Waals surface area contributed by atoms with Crippen LogP contribution in [0.2, 0.25) is 0 Å². The maximum atomic E-state index is 11.6. The Morgan fingerprint density at radius 3 is 2.73 bits per heavy atom. The van der Waals surface area contributed by atoms with Crippen LogP contribution in [0.15, 0.2) is 16.8 Å². The lowest BCUT2D eigenvalue weighted by Gasteiger charge is -2.23. The van der Waals surface area contributed by atoms with Crippen LogP contribution in [-0.4, -0.2) is 23.1 Å². The van der Waals surface area contributed by atoms with Crippen molar-refractivity contribution in [3.8, 4) is 0 Å². The van der Waals surface area contributed by atoms with Crippen LogP contribution in [0.5, 0.6) is 0 Å². The number of hydrogen-bond donors (Lipinski definition) is 0. The first-order valence-corrected chi connectivity index (χ1v) is 6.06. The smallest absolute Gasteiger partial charge is 0.411 e. The number of nitrogens with zero attached hydrogens (tertiary/aromatic N) is 1. The van der Waals surface area contributed by atoms with Crippen LogP contribution in [-0.2, 0) is 4.74 Å². The molecule has 1 amide bonds. The van der Waals surface area contributed by atoms with E-state index in [1.54, 1.807) is 16.2 Å². The first-order valence-electron chi connectivity index (χ1n) is 5.12. The van der Waals surface area contributed by atoms with Gasteiger partial charge in [-0.25, -0.2) is 4.79 Å². The molecule has 82 valence electrons. The monoisotopic (exact) mass is 225 g/mol. The summed E-state index contributed by atoms with van der Waals surface area (Å²) in [5.74, 6) is 0. The molecule has 4 heteroatoms. The maximum Gasteiger partial charge on any atom is 0.411 e. The van der Waals surface area contributed by atoms with Gasteiger partial charge in [0.05, 0.1) is 6.04 Å². The van der Waals surface area contributed by atoms with Gasteiger partial charge in [0.25, 0.3) is 0 Å². The van der Waals surface area contributed by atoms with Crippen molar-refractivity contribution in [3.63, 3.8) is 0 Å². The van der Waals surface area contributed by atoms with Crippen molar-refractivity contribution in [1.82, 2.24) is 4.90 Å². The van der Waals surface area contributed by atoms with Crippen LogP contribution in [0.25, 0.3) is 0 Å². The number of carbonyl (C=O) groups is 1. The molecule has 0 radical (unpaired) electrons. The highest BCUT2D eigenvalue weighted by atomic mass is 32.1. The highest BCUT2D eigenvalue weighted by Gasteiger charge is 2.40. The number of rotatable bonds is 2. The summed E-state index contributed by atoms with van der Waals surface area (Å²) in [4.78, 5) is 13.4. The lowest BCUT2D eigenvalue weighted by molar-refractivity contribution is 0.129. The van der Waals surface area contributed by atoms with Crippen LogP contribution in [0.3, 0.4) is 0 Å². The summed E-state index contributed by atoms with van der Waals surface area (Å²) in [5, 5.41) is 4.05. The van der Waals surface area contributed by atoms with E-state index >= 15 is 0 Å². The molecule has 2 atom stereocenters. The van der Waals surface area contributed by atoms with Gasteiger partial charge in [0, 0.05) is 11.6 Å². The summed E-state index contributed by atoms with van der Waals surface area (Å²) in [7, 11) is 0. The number of carbonyl (C=O) groups excluding carboxylic acids is 1. The van der Waals surface area contributed by atoms with Crippen molar-refractivity contribution >= 4 is 17.4 Å². The van der Waals surface area contributed by atoms with E-state index < -0.39 is 0 Å². The van der Waals surface area contributed by atoms with E-state index in [2.05, 4.69) is 0 Å². The summed E-state index contributed by atoms with van der Waals surface area (Å²) in [6, 6.07) is 2.33. The number of cyclic esters (lactones) is 1. The average Bonchev–Trinajstić information content (AvgIpc) is 2.72. The Hall–Kier alpha value is -1.03. The SMILES string of the molecule is CC(C)N1C(=O)OC(c2ccsc2)C1C. The van der Waals surface area contributed by atoms with Crippen LogP contribution in [0, 0.1) is 0 Å². The quantitative estimate of drug-likeness (QED) is 0.774. The predicted octanol–water partition coefficient (Wildman–Crippen LogP) is 3.04. The average molecular weight is 225 g/mol. The number of hydrogen-bond acceptors (Lipinski definition) is 3. The van der Waals surface area contributed by atoms with Crippen LogP contribution >= 0.6 is 11.3 Å². The molecule has 2 unspecified atom stereocenters. The molecule has 15 heavy (non-hydrogen) atoms. The second-order valence-electron chi connectivity index (χ2n) is 4.10. The summed E-state index contributed by atoms with van der Waals surface area (Å²) in [6.45, 7) is 6.05. The largest absolute Gasteiger partial charge is 0.439 e. The second kappa shape index (κ2) is 3.85. The molecule has 1 saturated heterocycles. The highest BCUT2D eigenvalue weighted by Crippen LogP contribution is 2.34. The van der Waals surface area contributed by atoms with Gasteiger partial charge in [0.2, 0.25) is 0 Å². The minimum absolute atomic E-state index is 0.105. The summed E-state index contributed by atoms with van der Waals surface area (Å²) >= 11 is 1.63. The normalized spacial score (nSPS) is 26.1. The van der Waals surface area contributed by atoms with Crippen LogP contribution < -0.4 is 0 Å².